The van der Waals surface area contributed by atoms with E-state index in [0.717, 1.165) is 16.8 Å². The molecule has 7 nitrogen and oxygen atoms in total. The van der Waals surface area contributed by atoms with Gasteiger partial charge in [0.05, 0.1) is 12.2 Å². The number of esters is 1. The average Bonchev–Trinajstić information content (AvgIpc) is 2.74. The van der Waals surface area contributed by atoms with Crippen molar-refractivity contribution in [1.82, 2.24) is 15.5 Å². The second kappa shape index (κ2) is 9.45. The molecule has 7 heteroatoms. The molecule has 1 amide bonds. The molecular formula is C22H22N4O3. The van der Waals surface area contributed by atoms with Gasteiger partial charge in [-0.3, -0.25) is 4.79 Å². The number of nitrogens with zero attached hydrogens (tertiary/aromatic N) is 2. The minimum Gasteiger partial charge on any atom is -0.462 e. The number of aryl methyl sites for hydroxylation is 1. The molecule has 2 aromatic carbocycles. The first-order chi connectivity index (χ1) is 14.1. The first-order valence-electron chi connectivity index (χ1n) is 9.27. The number of aromatic nitrogens is 2. The number of hydrogen-bond donors (Lipinski definition) is 2. The number of ether oxygens (including phenoxy) is 1. The monoisotopic (exact) mass is 390 g/mol. The Kier molecular flexibility index (Phi) is 6.52. The predicted octanol–water partition coefficient (Wildman–Crippen LogP) is 3.64. The highest BCUT2D eigenvalue weighted by atomic mass is 16.5. The van der Waals surface area contributed by atoms with E-state index in [9.17, 15) is 9.59 Å². The Morgan fingerprint density at radius 2 is 1.72 bits per heavy atom. The van der Waals surface area contributed by atoms with Crippen LogP contribution in [0.2, 0.25) is 0 Å². The van der Waals surface area contributed by atoms with Crippen LogP contribution in [0.3, 0.4) is 0 Å². The topological polar surface area (TPSA) is 93.2 Å². The van der Waals surface area contributed by atoms with Crippen molar-refractivity contribution in [1.29, 1.82) is 0 Å². The summed E-state index contributed by atoms with van der Waals surface area (Å²) >= 11 is 0. The Balaban J connectivity index is 1.57. The lowest BCUT2D eigenvalue weighted by molar-refractivity contribution is 0.0526. The SMILES string of the molecule is CCOC(=O)c1ccc(Nc2ccc(C(=O)NCc3ccccc3C)nn2)cc1. The van der Waals surface area contributed by atoms with Crippen molar-refractivity contribution in [3.05, 3.63) is 83.0 Å². The van der Waals surface area contributed by atoms with Crippen LogP contribution in [0.15, 0.2) is 60.7 Å². The summed E-state index contributed by atoms with van der Waals surface area (Å²) in [4.78, 5) is 24.0. The van der Waals surface area contributed by atoms with E-state index in [-0.39, 0.29) is 17.6 Å². The van der Waals surface area contributed by atoms with Crippen LogP contribution in [0, 0.1) is 6.92 Å². The molecule has 1 heterocycles. The number of amides is 1. The molecule has 0 aliphatic rings. The van der Waals surface area contributed by atoms with Crippen LogP contribution in [0.25, 0.3) is 0 Å². The largest absolute Gasteiger partial charge is 0.462 e. The molecule has 0 atom stereocenters. The minimum absolute atomic E-state index is 0.238. The van der Waals surface area contributed by atoms with E-state index in [4.69, 9.17) is 4.74 Å². The zero-order chi connectivity index (χ0) is 20.6. The standard InChI is InChI=1S/C22H22N4O3/c1-3-29-22(28)16-8-10-18(11-9-16)24-20-13-12-19(25-26-20)21(27)23-14-17-7-5-4-6-15(17)2/h4-13H,3,14H2,1-2H3,(H,23,27)(H,24,26). The number of carbonyl (C=O) groups excluding carboxylic acids is 2. The lowest BCUT2D eigenvalue weighted by atomic mass is 10.1. The summed E-state index contributed by atoms with van der Waals surface area (Å²) in [5.41, 5.74) is 3.63. The molecule has 0 saturated carbocycles. The van der Waals surface area contributed by atoms with Crippen molar-refractivity contribution in [2.45, 2.75) is 20.4 Å². The summed E-state index contributed by atoms with van der Waals surface area (Å²) < 4.78 is 4.96. The van der Waals surface area contributed by atoms with Gasteiger partial charge in [0, 0.05) is 12.2 Å². The van der Waals surface area contributed by atoms with Crippen molar-refractivity contribution in [2.75, 3.05) is 11.9 Å². The highest BCUT2D eigenvalue weighted by Crippen LogP contribution is 2.15. The Morgan fingerprint density at radius 3 is 2.38 bits per heavy atom. The minimum atomic E-state index is -0.361. The molecule has 0 aliphatic carbocycles. The van der Waals surface area contributed by atoms with Crippen LogP contribution in [-0.4, -0.2) is 28.7 Å². The second-order valence-electron chi connectivity index (χ2n) is 6.34. The van der Waals surface area contributed by atoms with E-state index < -0.39 is 0 Å². The predicted molar refractivity (Wildman–Crippen MR) is 110 cm³/mol. The Hall–Kier alpha value is -3.74. The maximum atomic E-state index is 12.3. The smallest absolute Gasteiger partial charge is 0.338 e. The molecule has 0 spiro atoms. The zero-order valence-corrected chi connectivity index (χ0v) is 16.3. The third-order valence-electron chi connectivity index (χ3n) is 4.27. The molecule has 0 unspecified atom stereocenters. The normalized spacial score (nSPS) is 10.3. The summed E-state index contributed by atoms with van der Waals surface area (Å²) in [6.45, 7) is 4.53. The van der Waals surface area contributed by atoms with Gasteiger partial charge in [-0.1, -0.05) is 24.3 Å². The van der Waals surface area contributed by atoms with Crippen molar-refractivity contribution in [2.24, 2.45) is 0 Å². The van der Waals surface area contributed by atoms with E-state index in [1.807, 2.05) is 31.2 Å². The molecule has 3 rings (SSSR count). The van der Waals surface area contributed by atoms with Gasteiger partial charge in [0.1, 0.15) is 0 Å². The van der Waals surface area contributed by atoms with Gasteiger partial charge in [0.25, 0.3) is 5.91 Å². The van der Waals surface area contributed by atoms with Gasteiger partial charge < -0.3 is 15.4 Å². The van der Waals surface area contributed by atoms with Crippen molar-refractivity contribution in [3.8, 4) is 0 Å². The quantitative estimate of drug-likeness (QED) is 0.599. The molecule has 0 saturated heterocycles. The molecule has 0 bridgehead atoms. The van der Waals surface area contributed by atoms with Gasteiger partial charge >= 0.3 is 5.97 Å². The molecule has 0 fully saturated rings. The second-order valence-corrected chi connectivity index (χ2v) is 6.34. The van der Waals surface area contributed by atoms with Crippen LogP contribution < -0.4 is 10.6 Å². The van der Waals surface area contributed by atoms with Gasteiger partial charge in [-0.2, -0.15) is 0 Å². The summed E-state index contributed by atoms with van der Waals surface area (Å²) in [5, 5.41) is 13.9. The molecule has 0 radical (unpaired) electrons. The molecule has 29 heavy (non-hydrogen) atoms. The van der Waals surface area contributed by atoms with Crippen LogP contribution in [0.1, 0.15) is 38.9 Å². The third kappa shape index (κ3) is 5.38. The molecule has 1 aromatic heterocycles. The first-order valence-corrected chi connectivity index (χ1v) is 9.27. The Bertz CT molecular complexity index is 986. The lowest BCUT2D eigenvalue weighted by Crippen LogP contribution is -2.24. The van der Waals surface area contributed by atoms with Crippen molar-refractivity contribution >= 4 is 23.4 Å². The number of benzene rings is 2. The van der Waals surface area contributed by atoms with Crippen LogP contribution >= 0.6 is 0 Å². The number of hydrogen-bond acceptors (Lipinski definition) is 6. The lowest BCUT2D eigenvalue weighted by Gasteiger charge is -2.08. The maximum Gasteiger partial charge on any atom is 0.338 e. The molecule has 0 aliphatic heterocycles. The highest BCUT2D eigenvalue weighted by molar-refractivity contribution is 5.92. The van der Waals surface area contributed by atoms with Gasteiger partial charge in [-0.25, -0.2) is 4.79 Å². The fraction of sp³-hybridized carbons (Fsp3) is 0.182. The van der Waals surface area contributed by atoms with E-state index in [2.05, 4.69) is 20.8 Å². The molecular weight excluding hydrogens is 368 g/mol. The Morgan fingerprint density at radius 1 is 0.966 bits per heavy atom. The van der Waals surface area contributed by atoms with E-state index in [0.29, 0.717) is 24.5 Å². The summed E-state index contributed by atoms with van der Waals surface area (Å²) in [7, 11) is 0. The average molecular weight is 390 g/mol. The molecule has 2 N–H and O–H groups in total. The van der Waals surface area contributed by atoms with Gasteiger partial charge in [0.15, 0.2) is 11.5 Å². The Labute approximate surface area is 169 Å². The maximum absolute atomic E-state index is 12.3. The van der Waals surface area contributed by atoms with E-state index in [1.54, 1.807) is 43.3 Å². The summed E-state index contributed by atoms with van der Waals surface area (Å²) in [6, 6.07) is 18.0. The number of rotatable bonds is 7. The van der Waals surface area contributed by atoms with Crippen molar-refractivity contribution in [3.63, 3.8) is 0 Å². The van der Waals surface area contributed by atoms with Crippen molar-refractivity contribution < 1.29 is 14.3 Å². The van der Waals surface area contributed by atoms with E-state index >= 15 is 0 Å². The van der Waals surface area contributed by atoms with Crippen LogP contribution in [-0.2, 0) is 11.3 Å². The van der Waals surface area contributed by atoms with E-state index in [1.165, 1.54) is 0 Å². The van der Waals surface area contributed by atoms with Crippen LogP contribution in [0.4, 0.5) is 11.5 Å². The highest BCUT2D eigenvalue weighted by Gasteiger charge is 2.09. The first kappa shape index (κ1) is 20.0. The fourth-order valence-corrected chi connectivity index (χ4v) is 2.65. The third-order valence-corrected chi connectivity index (χ3v) is 4.27. The number of nitrogens with one attached hydrogen (secondary N) is 2. The molecule has 3 aromatic rings. The fourth-order valence-electron chi connectivity index (χ4n) is 2.65. The van der Waals surface area contributed by atoms with Gasteiger partial charge in [-0.15, -0.1) is 10.2 Å². The van der Waals surface area contributed by atoms with Crippen LogP contribution in [0.5, 0.6) is 0 Å². The zero-order valence-electron chi connectivity index (χ0n) is 16.3. The van der Waals surface area contributed by atoms with Gasteiger partial charge in [0.2, 0.25) is 0 Å². The number of anilines is 2. The number of carbonyl (C=O) groups is 2. The summed E-state index contributed by atoms with van der Waals surface area (Å²) in [6.07, 6.45) is 0. The van der Waals surface area contributed by atoms with Gasteiger partial charge in [-0.05, 0) is 61.4 Å². The molecule has 148 valence electrons. The summed E-state index contributed by atoms with van der Waals surface area (Å²) in [5.74, 6) is -0.157.